The van der Waals surface area contributed by atoms with Crippen molar-refractivity contribution in [1.82, 2.24) is 4.98 Å². The molecule has 1 heterocycles. The molecule has 2 nitrogen and oxygen atoms in total. The Morgan fingerprint density at radius 2 is 2.17 bits per heavy atom. The van der Waals surface area contributed by atoms with Crippen LogP contribution in [0.4, 0.5) is 0 Å². The third-order valence-electron chi connectivity index (χ3n) is 3.14. The number of benzene rings is 1. The number of nitrogens with zero attached hydrogens (tertiary/aromatic N) is 1. The molecule has 2 heteroatoms. The maximum absolute atomic E-state index is 9.17. The number of H-pyrrole nitrogens is 1. The minimum atomic E-state index is 0.869. The van der Waals surface area contributed by atoms with Crippen molar-refractivity contribution in [2.45, 2.75) is 32.6 Å². The summed E-state index contributed by atoms with van der Waals surface area (Å²) in [6, 6.07) is 10.5. The zero-order valence-electron chi connectivity index (χ0n) is 10.7. The molecule has 1 aromatic heterocycles. The van der Waals surface area contributed by atoms with E-state index in [1.54, 1.807) is 0 Å². The van der Waals surface area contributed by atoms with Crippen LogP contribution < -0.4 is 0 Å². The highest BCUT2D eigenvalue weighted by atomic mass is 14.7. The lowest BCUT2D eigenvalue weighted by atomic mass is 10.0. The third kappa shape index (κ3) is 2.81. The van der Waals surface area contributed by atoms with Crippen molar-refractivity contribution in [2.75, 3.05) is 0 Å². The van der Waals surface area contributed by atoms with Gasteiger partial charge < -0.3 is 4.98 Å². The van der Waals surface area contributed by atoms with Crippen molar-refractivity contribution < 1.29 is 0 Å². The number of fused-ring (bicyclic) bond motifs is 1. The Morgan fingerprint density at radius 1 is 1.33 bits per heavy atom. The van der Waals surface area contributed by atoms with Crippen LogP contribution in [0.5, 0.6) is 0 Å². The Kier molecular flexibility index (Phi) is 4.20. The molecule has 0 fully saturated rings. The normalized spacial score (nSPS) is 11.7. The van der Waals surface area contributed by atoms with Gasteiger partial charge in [0.25, 0.3) is 0 Å². The summed E-state index contributed by atoms with van der Waals surface area (Å²) in [5.41, 5.74) is 3.10. The Morgan fingerprint density at radius 3 is 2.94 bits per heavy atom. The second-order valence-corrected chi connectivity index (χ2v) is 4.53. The zero-order valence-corrected chi connectivity index (χ0v) is 10.7. The molecule has 1 aromatic carbocycles. The second-order valence-electron chi connectivity index (χ2n) is 4.53. The molecule has 0 bridgehead atoms. The molecule has 0 radical (unpaired) electrons. The van der Waals surface area contributed by atoms with E-state index in [1.165, 1.54) is 18.2 Å². The number of nitrogens with one attached hydrogen (secondary N) is 1. The van der Waals surface area contributed by atoms with Crippen LogP contribution >= 0.6 is 0 Å². The average molecular weight is 238 g/mol. The summed E-state index contributed by atoms with van der Waals surface area (Å²) in [4.78, 5) is 3.23. The predicted octanol–water partition coefficient (Wildman–Crippen LogP) is 4.66. The molecular weight excluding hydrogens is 220 g/mol. The van der Waals surface area contributed by atoms with Gasteiger partial charge in [-0.3, -0.25) is 0 Å². The lowest BCUT2D eigenvalue weighted by molar-refractivity contribution is 0.722. The molecule has 92 valence electrons. The van der Waals surface area contributed by atoms with E-state index in [9.17, 15) is 0 Å². The fourth-order valence-corrected chi connectivity index (χ4v) is 2.13. The number of rotatable bonds is 5. The molecule has 0 amide bonds. The van der Waals surface area contributed by atoms with Crippen LogP contribution in [0.3, 0.4) is 0 Å². The zero-order chi connectivity index (χ0) is 12.8. The molecule has 0 spiro atoms. The number of aromatic amines is 1. The smallest absolute Gasteiger partial charge is 0.0947 e. The van der Waals surface area contributed by atoms with E-state index in [2.05, 4.69) is 30.1 Å². The van der Waals surface area contributed by atoms with Crippen LogP contribution in [0.25, 0.3) is 17.0 Å². The summed E-state index contributed by atoms with van der Waals surface area (Å²) < 4.78 is 0. The lowest BCUT2D eigenvalue weighted by Crippen LogP contribution is -1.81. The molecule has 0 aliphatic heterocycles. The highest BCUT2D eigenvalue weighted by Crippen LogP contribution is 2.21. The van der Waals surface area contributed by atoms with Gasteiger partial charge in [-0.1, -0.05) is 38.0 Å². The minimum absolute atomic E-state index is 0.869. The Labute approximate surface area is 108 Å². The van der Waals surface area contributed by atoms with Gasteiger partial charge in [0, 0.05) is 28.2 Å². The van der Waals surface area contributed by atoms with Crippen molar-refractivity contribution in [2.24, 2.45) is 0 Å². The van der Waals surface area contributed by atoms with Gasteiger partial charge in [-0.2, -0.15) is 5.26 Å². The number of hydrogen-bond donors (Lipinski definition) is 1. The van der Waals surface area contributed by atoms with E-state index >= 15 is 0 Å². The molecule has 0 aliphatic rings. The standard InChI is InChI=1S/C16H18N2/c1-2-3-4-7-13(11-17)10-14-12-18-16-9-6-5-8-15(14)16/h5-6,8-10,12,18H,2-4,7H2,1H3. The summed E-state index contributed by atoms with van der Waals surface area (Å²) >= 11 is 0. The molecule has 0 atom stereocenters. The van der Waals surface area contributed by atoms with Crippen LogP contribution in [0.1, 0.15) is 38.2 Å². The largest absolute Gasteiger partial charge is 0.361 e. The molecule has 2 rings (SSSR count). The maximum atomic E-state index is 9.17. The third-order valence-corrected chi connectivity index (χ3v) is 3.14. The van der Waals surface area contributed by atoms with Crippen LogP contribution in [-0.4, -0.2) is 4.98 Å². The fraction of sp³-hybridized carbons (Fsp3) is 0.312. The van der Waals surface area contributed by atoms with Crippen LogP contribution in [0.2, 0.25) is 0 Å². The topological polar surface area (TPSA) is 39.6 Å². The van der Waals surface area contributed by atoms with Crippen molar-refractivity contribution in [1.29, 1.82) is 5.26 Å². The van der Waals surface area contributed by atoms with E-state index in [1.807, 2.05) is 24.4 Å². The number of hydrogen-bond acceptors (Lipinski definition) is 1. The van der Waals surface area contributed by atoms with Crippen LogP contribution in [-0.2, 0) is 0 Å². The molecule has 0 aliphatic carbocycles. The van der Waals surface area contributed by atoms with E-state index in [0.29, 0.717) is 0 Å². The quantitative estimate of drug-likeness (QED) is 0.597. The molecular formula is C16H18N2. The Hall–Kier alpha value is -2.01. The summed E-state index contributed by atoms with van der Waals surface area (Å²) in [5.74, 6) is 0. The minimum Gasteiger partial charge on any atom is -0.361 e. The number of nitriles is 1. The molecule has 0 saturated carbocycles. The Balaban J connectivity index is 2.22. The number of aromatic nitrogens is 1. The highest BCUT2D eigenvalue weighted by molar-refractivity contribution is 5.89. The van der Waals surface area contributed by atoms with Crippen molar-refractivity contribution in [3.8, 4) is 6.07 Å². The summed E-state index contributed by atoms with van der Waals surface area (Å²) in [7, 11) is 0. The Bertz CT molecular complexity index is 584. The van der Waals surface area contributed by atoms with Crippen molar-refractivity contribution in [3.05, 3.63) is 41.6 Å². The van der Waals surface area contributed by atoms with Gasteiger partial charge in [-0.15, -0.1) is 0 Å². The van der Waals surface area contributed by atoms with Crippen molar-refractivity contribution >= 4 is 17.0 Å². The number of para-hydroxylation sites is 1. The first-order valence-electron chi connectivity index (χ1n) is 6.52. The average Bonchev–Trinajstić information content (AvgIpc) is 2.81. The SMILES string of the molecule is CCCCCC(C#N)=Cc1c[nH]c2ccccc12. The van der Waals surface area contributed by atoms with Gasteiger partial charge in [0.1, 0.15) is 0 Å². The maximum Gasteiger partial charge on any atom is 0.0947 e. The monoisotopic (exact) mass is 238 g/mol. The first kappa shape index (κ1) is 12.4. The molecule has 1 N–H and O–H groups in total. The fourth-order valence-electron chi connectivity index (χ4n) is 2.13. The molecule has 2 aromatic rings. The van der Waals surface area contributed by atoms with Gasteiger partial charge >= 0.3 is 0 Å². The first-order valence-corrected chi connectivity index (χ1v) is 6.52. The van der Waals surface area contributed by atoms with Gasteiger partial charge in [-0.05, 0) is 25.0 Å². The van der Waals surface area contributed by atoms with Crippen LogP contribution in [0.15, 0.2) is 36.0 Å². The number of unbranched alkanes of at least 4 members (excludes halogenated alkanes) is 2. The van der Waals surface area contributed by atoms with E-state index in [-0.39, 0.29) is 0 Å². The lowest BCUT2D eigenvalue weighted by Gasteiger charge is -1.98. The second kappa shape index (κ2) is 6.07. The molecule has 0 unspecified atom stereocenters. The summed E-state index contributed by atoms with van der Waals surface area (Å²) in [5, 5.41) is 10.3. The van der Waals surface area contributed by atoms with Gasteiger partial charge in [0.05, 0.1) is 6.07 Å². The molecule has 18 heavy (non-hydrogen) atoms. The van der Waals surface area contributed by atoms with E-state index in [4.69, 9.17) is 5.26 Å². The highest BCUT2D eigenvalue weighted by Gasteiger charge is 2.02. The summed E-state index contributed by atoms with van der Waals surface area (Å²) in [6.45, 7) is 2.18. The van der Waals surface area contributed by atoms with Crippen molar-refractivity contribution in [3.63, 3.8) is 0 Å². The predicted molar refractivity (Wildman–Crippen MR) is 76.0 cm³/mol. The molecule has 0 saturated heterocycles. The van der Waals surface area contributed by atoms with E-state index in [0.717, 1.165) is 29.5 Å². The number of allylic oxidation sites excluding steroid dienone is 1. The van der Waals surface area contributed by atoms with Gasteiger partial charge in [0.2, 0.25) is 0 Å². The first-order chi connectivity index (χ1) is 8.85. The summed E-state index contributed by atoms with van der Waals surface area (Å²) in [6.07, 6.45) is 8.33. The van der Waals surface area contributed by atoms with Crippen LogP contribution in [0, 0.1) is 11.3 Å². The van der Waals surface area contributed by atoms with Gasteiger partial charge in [0.15, 0.2) is 0 Å². The van der Waals surface area contributed by atoms with E-state index < -0.39 is 0 Å². The van der Waals surface area contributed by atoms with Gasteiger partial charge in [-0.25, -0.2) is 0 Å².